The molecule has 0 heterocycles. The Morgan fingerprint density at radius 3 is 2.32 bits per heavy atom. The molecule has 0 radical (unpaired) electrons. The predicted molar refractivity (Wildman–Crippen MR) is 86.0 cm³/mol. The maximum absolute atomic E-state index is 6.18. The molecule has 0 aliphatic rings. The van der Waals surface area contributed by atoms with Crippen molar-refractivity contribution in [2.24, 2.45) is 11.7 Å². The van der Waals surface area contributed by atoms with Gasteiger partial charge in [-0.3, -0.25) is 0 Å². The van der Waals surface area contributed by atoms with Gasteiger partial charge in [-0.2, -0.15) is 0 Å². The molecule has 0 amide bonds. The van der Waals surface area contributed by atoms with Crippen molar-refractivity contribution in [1.29, 1.82) is 0 Å². The van der Waals surface area contributed by atoms with Crippen LogP contribution in [0.1, 0.15) is 69.9 Å². The first kappa shape index (κ1) is 16.5. The zero-order chi connectivity index (χ0) is 14.4. The average molecular weight is 282 g/mol. The van der Waals surface area contributed by atoms with E-state index in [2.05, 4.69) is 39.8 Å². The largest absolute Gasteiger partial charge is 0.330 e. The van der Waals surface area contributed by atoms with Gasteiger partial charge in [-0.15, -0.1) is 0 Å². The van der Waals surface area contributed by atoms with E-state index in [1.807, 2.05) is 6.07 Å². The van der Waals surface area contributed by atoms with E-state index in [9.17, 15) is 0 Å². The highest BCUT2D eigenvalue weighted by Crippen LogP contribution is 2.33. The zero-order valence-corrected chi connectivity index (χ0v) is 13.5. The van der Waals surface area contributed by atoms with Crippen molar-refractivity contribution in [1.82, 2.24) is 0 Å². The summed E-state index contributed by atoms with van der Waals surface area (Å²) in [5.74, 6) is 1.76. The third kappa shape index (κ3) is 4.81. The lowest BCUT2D eigenvalue weighted by molar-refractivity contribution is 0.488. The highest BCUT2D eigenvalue weighted by atomic mass is 35.5. The Bertz CT molecular complexity index is 389. The lowest BCUT2D eigenvalue weighted by atomic mass is 9.85. The van der Waals surface area contributed by atoms with Crippen molar-refractivity contribution in [3.63, 3.8) is 0 Å². The summed E-state index contributed by atoms with van der Waals surface area (Å²) >= 11 is 6.18. The highest BCUT2D eigenvalue weighted by Gasteiger charge is 2.15. The van der Waals surface area contributed by atoms with Crippen LogP contribution in [-0.2, 0) is 0 Å². The molecule has 0 bridgehead atoms. The van der Waals surface area contributed by atoms with Gasteiger partial charge in [-0.25, -0.2) is 0 Å². The molecule has 1 aromatic rings. The summed E-state index contributed by atoms with van der Waals surface area (Å²) in [6.45, 7) is 9.84. The van der Waals surface area contributed by atoms with Crippen molar-refractivity contribution in [3.05, 3.63) is 34.3 Å². The predicted octanol–water partition coefficient (Wildman–Crippen LogP) is 5.33. The molecule has 0 aromatic heterocycles. The van der Waals surface area contributed by atoms with Gasteiger partial charge in [0, 0.05) is 5.02 Å². The summed E-state index contributed by atoms with van der Waals surface area (Å²) in [5, 5.41) is 0.848. The third-order valence-corrected chi connectivity index (χ3v) is 4.45. The van der Waals surface area contributed by atoms with Crippen molar-refractivity contribution in [3.8, 4) is 0 Å². The van der Waals surface area contributed by atoms with E-state index in [0.29, 0.717) is 17.8 Å². The monoisotopic (exact) mass is 281 g/mol. The SMILES string of the molecule is CCC(C)c1ccc(Cl)cc1C(C)CCC(C)CN. The first-order valence-corrected chi connectivity index (χ1v) is 7.86. The molecule has 2 heteroatoms. The van der Waals surface area contributed by atoms with Gasteiger partial charge in [0.05, 0.1) is 0 Å². The number of hydrogen-bond donors (Lipinski definition) is 1. The number of rotatable bonds is 7. The van der Waals surface area contributed by atoms with Crippen molar-refractivity contribution >= 4 is 11.6 Å². The Balaban J connectivity index is 2.87. The quantitative estimate of drug-likeness (QED) is 0.718. The van der Waals surface area contributed by atoms with Crippen LogP contribution in [0.5, 0.6) is 0 Å². The fraction of sp³-hybridized carbons (Fsp3) is 0.647. The van der Waals surface area contributed by atoms with Crippen LogP contribution >= 0.6 is 11.6 Å². The maximum atomic E-state index is 6.18. The second-order valence-electron chi connectivity index (χ2n) is 5.90. The second-order valence-corrected chi connectivity index (χ2v) is 6.34. The van der Waals surface area contributed by atoms with Crippen LogP contribution < -0.4 is 5.73 Å². The molecule has 0 aliphatic heterocycles. The molecule has 19 heavy (non-hydrogen) atoms. The maximum Gasteiger partial charge on any atom is 0.0409 e. The summed E-state index contributed by atoms with van der Waals surface area (Å²) in [5.41, 5.74) is 8.58. The molecular weight excluding hydrogens is 254 g/mol. The van der Waals surface area contributed by atoms with Crippen LogP contribution in [0, 0.1) is 5.92 Å². The van der Waals surface area contributed by atoms with E-state index in [1.54, 1.807) is 0 Å². The molecule has 0 fully saturated rings. The Morgan fingerprint density at radius 2 is 1.74 bits per heavy atom. The fourth-order valence-electron chi connectivity index (χ4n) is 2.45. The molecule has 1 nitrogen and oxygen atoms in total. The normalized spacial score (nSPS) is 16.1. The third-order valence-electron chi connectivity index (χ3n) is 4.22. The van der Waals surface area contributed by atoms with Crippen molar-refractivity contribution in [2.75, 3.05) is 6.54 Å². The first-order chi connectivity index (χ1) is 8.99. The minimum absolute atomic E-state index is 0.552. The summed E-state index contributed by atoms with van der Waals surface area (Å²) in [6, 6.07) is 6.37. The number of hydrogen-bond acceptors (Lipinski definition) is 1. The molecular formula is C17H28ClN. The van der Waals surface area contributed by atoms with Gasteiger partial charge < -0.3 is 5.73 Å². The van der Waals surface area contributed by atoms with Gasteiger partial charge in [0.2, 0.25) is 0 Å². The van der Waals surface area contributed by atoms with Gasteiger partial charge in [0.15, 0.2) is 0 Å². The van der Waals surface area contributed by atoms with E-state index < -0.39 is 0 Å². The second kappa shape index (κ2) is 7.91. The lowest BCUT2D eigenvalue weighted by Gasteiger charge is -2.21. The molecule has 2 N–H and O–H groups in total. The van der Waals surface area contributed by atoms with Gasteiger partial charge in [0.1, 0.15) is 0 Å². The van der Waals surface area contributed by atoms with Crippen LogP contribution in [0.15, 0.2) is 18.2 Å². The molecule has 0 saturated heterocycles. The van der Waals surface area contributed by atoms with Crippen molar-refractivity contribution in [2.45, 2.75) is 58.8 Å². The Morgan fingerprint density at radius 1 is 1.05 bits per heavy atom. The van der Waals surface area contributed by atoms with Gasteiger partial charge in [-0.1, -0.05) is 45.4 Å². The molecule has 3 unspecified atom stereocenters. The summed E-state index contributed by atoms with van der Waals surface area (Å²) in [7, 11) is 0. The van der Waals surface area contributed by atoms with Crippen LogP contribution in [0.2, 0.25) is 5.02 Å². The summed E-state index contributed by atoms with van der Waals surface area (Å²) in [6.07, 6.45) is 3.53. The van der Waals surface area contributed by atoms with Gasteiger partial charge in [-0.05, 0) is 66.8 Å². The van der Waals surface area contributed by atoms with E-state index in [1.165, 1.54) is 30.4 Å². The Labute approximate surface area is 123 Å². The van der Waals surface area contributed by atoms with Gasteiger partial charge >= 0.3 is 0 Å². The van der Waals surface area contributed by atoms with Gasteiger partial charge in [0.25, 0.3) is 0 Å². The van der Waals surface area contributed by atoms with E-state index in [0.717, 1.165) is 11.6 Å². The van der Waals surface area contributed by atoms with Crippen LogP contribution in [-0.4, -0.2) is 6.54 Å². The summed E-state index contributed by atoms with van der Waals surface area (Å²) in [4.78, 5) is 0. The molecule has 0 saturated carbocycles. The van der Waals surface area contributed by atoms with Crippen molar-refractivity contribution < 1.29 is 0 Å². The molecule has 0 aliphatic carbocycles. The molecule has 3 atom stereocenters. The lowest BCUT2D eigenvalue weighted by Crippen LogP contribution is -2.12. The van der Waals surface area contributed by atoms with Crippen LogP contribution in [0.3, 0.4) is 0 Å². The highest BCUT2D eigenvalue weighted by molar-refractivity contribution is 6.30. The topological polar surface area (TPSA) is 26.0 Å². The minimum Gasteiger partial charge on any atom is -0.330 e. The standard InChI is InChI=1S/C17H28ClN/c1-5-13(3)16-9-8-15(18)10-17(16)14(4)7-6-12(2)11-19/h8-10,12-14H,5-7,11,19H2,1-4H3. The Kier molecular flexibility index (Phi) is 6.88. The van der Waals surface area contributed by atoms with E-state index in [-0.39, 0.29) is 0 Å². The summed E-state index contributed by atoms with van der Waals surface area (Å²) < 4.78 is 0. The molecule has 0 spiro atoms. The fourth-order valence-corrected chi connectivity index (χ4v) is 2.63. The Hall–Kier alpha value is -0.530. The molecule has 108 valence electrons. The van der Waals surface area contributed by atoms with E-state index >= 15 is 0 Å². The molecule has 1 rings (SSSR count). The van der Waals surface area contributed by atoms with E-state index in [4.69, 9.17) is 17.3 Å². The molecule has 1 aromatic carbocycles. The minimum atomic E-state index is 0.552. The first-order valence-electron chi connectivity index (χ1n) is 7.48. The zero-order valence-electron chi connectivity index (χ0n) is 12.7. The van der Waals surface area contributed by atoms with Crippen LogP contribution in [0.25, 0.3) is 0 Å². The number of benzene rings is 1. The average Bonchev–Trinajstić information content (AvgIpc) is 2.43. The number of nitrogens with two attached hydrogens (primary N) is 1. The number of halogens is 1. The smallest absolute Gasteiger partial charge is 0.0409 e. The van der Waals surface area contributed by atoms with Crippen LogP contribution in [0.4, 0.5) is 0 Å².